The van der Waals surface area contributed by atoms with Gasteiger partial charge < -0.3 is 42.7 Å². The van der Waals surface area contributed by atoms with E-state index in [9.17, 15) is 39.0 Å². The Morgan fingerprint density at radius 3 is 1.88 bits per heavy atom. The van der Waals surface area contributed by atoms with Crippen LogP contribution in [0.3, 0.4) is 0 Å². The molecule has 4 unspecified atom stereocenters. The van der Waals surface area contributed by atoms with Crippen molar-refractivity contribution in [2.24, 2.45) is 11.5 Å². The van der Waals surface area contributed by atoms with E-state index in [2.05, 4.69) is 16.0 Å². The second-order valence-electron chi connectivity index (χ2n) is 6.70. The first-order chi connectivity index (χ1) is 14.9. The molecular formula is C17H29N5O9S. The lowest BCUT2D eigenvalue weighted by atomic mass is 10.1. The van der Waals surface area contributed by atoms with Crippen LogP contribution in [0.15, 0.2) is 0 Å². The average Bonchev–Trinajstić information content (AvgIpc) is 2.71. The zero-order chi connectivity index (χ0) is 24.8. The average molecular weight is 480 g/mol. The molecule has 10 N–H and O–H groups in total. The number of nitrogens with two attached hydrogens (primary N) is 2. The van der Waals surface area contributed by atoms with Crippen LogP contribution in [-0.4, -0.2) is 93.7 Å². The number of rotatable bonds is 16. The molecule has 4 amide bonds. The third kappa shape index (κ3) is 11.5. The van der Waals surface area contributed by atoms with Gasteiger partial charge in [-0.2, -0.15) is 11.8 Å². The van der Waals surface area contributed by atoms with Crippen LogP contribution in [0.1, 0.15) is 25.7 Å². The summed E-state index contributed by atoms with van der Waals surface area (Å²) in [5.41, 5.74) is 10.6. The SMILES string of the molecule is CSCCC(NC(=O)C(CC(N)=O)NC(=O)C(CO)NC(=O)C(N)CCC(=O)O)C(=O)O. The van der Waals surface area contributed by atoms with Crippen molar-refractivity contribution in [1.29, 1.82) is 0 Å². The van der Waals surface area contributed by atoms with E-state index < -0.39 is 79.2 Å². The molecule has 0 aromatic heterocycles. The first-order valence-corrected chi connectivity index (χ1v) is 10.8. The van der Waals surface area contributed by atoms with Gasteiger partial charge in [0.2, 0.25) is 23.6 Å². The number of aliphatic hydroxyl groups is 1. The highest BCUT2D eigenvalue weighted by molar-refractivity contribution is 7.98. The molecule has 4 atom stereocenters. The van der Waals surface area contributed by atoms with Gasteiger partial charge in [-0.25, -0.2) is 4.79 Å². The smallest absolute Gasteiger partial charge is 0.326 e. The molecule has 32 heavy (non-hydrogen) atoms. The Morgan fingerprint density at radius 1 is 0.875 bits per heavy atom. The van der Waals surface area contributed by atoms with E-state index in [0.29, 0.717) is 5.75 Å². The first kappa shape index (κ1) is 29.1. The Morgan fingerprint density at radius 2 is 1.41 bits per heavy atom. The normalized spacial score (nSPS) is 14.3. The van der Waals surface area contributed by atoms with Crippen LogP contribution in [0, 0.1) is 0 Å². The summed E-state index contributed by atoms with van der Waals surface area (Å²) in [7, 11) is 0. The van der Waals surface area contributed by atoms with Gasteiger partial charge in [-0.15, -0.1) is 0 Å². The van der Waals surface area contributed by atoms with E-state index in [0.717, 1.165) is 0 Å². The number of aliphatic carboxylic acids is 2. The van der Waals surface area contributed by atoms with Crippen molar-refractivity contribution in [2.75, 3.05) is 18.6 Å². The molecule has 0 heterocycles. The molecule has 0 saturated carbocycles. The van der Waals surface area contributed by atoms with Crippen molar-refractivity contribution < 1.29 is 44.1 Å². The van der Waals surface area contributed by atoms with Gasteiger partial charge in [0.1, 0.15) is 18.1 Å². The Bertz CT molecular complexity index is 706. The number of nitrogens with one attached hydrogen (secondary N) is 3. The van der Waals surface area contributed by atoms with Crippen molar-refractivity contribution in [3.8, 4) is 0 Å². The van der Waals surface area contributed by atoms with Crippen molar-refractivity contribution >= 4 is 47.3 Å². The van der Waals surface area contributed by atoms with Crippen molar-refractivity contribution in [3.63, 3.8) is 0 Å². The maximum atomic E-state index is 12.5. The van der Waals surface area contributed by atoms with Crippen LogP contribution in [-0.2, 0) is 28.8 Å². The molecule has 0 saturated heterocycles. The summed E-state index contributed by atoms with van der Waals surface area (Å²) in [6, 6.07) is -5.69. The summed E-state index contributed by atoms with van der Waals surface area (Å²) in [6.07, 6.45) is 0.542. The second kappa shape index (κ2) is 15.0. The van der Waals surface area contributed by atoms with E-state index >= 15 is 0 Å². The summed E-state index contributed by atoms with van der Waals surface area (Å²) in [5, 5.41) is 33.7. The summed E-state index contributed by atoms with van der Waals surface area (Å²) >= 11 is 1.35. The zero-order valence-electron chi connectivity index (χ0n) is 17.4. The fourth-order valence-corrected chi connectivity index (χ4v) is 2.80. The summed E-state index contributed by atoms with van der Waals surface area (Å²) in [5.74, 6) is -6.02. The summed E-state index contributed by atoms with van der Waals surface area (Å²) in [6.45, 7) is -0.903. The molecule has 0 rings (SSSR count). The minimum Gasteiger partial charge on any atom is -0.481 e. The topological polar surface area (TPSA) is 251 Å². The lowest BCUT2D eigenvalue weighted by molar-refractivity contribution is -0.142. The van der Waals surface area contributed by atoms with Gasteiger partial charge in [0, 0.05) is 6.42 Å². The van der Waals surface area contributed by atoms with E-state index in [1.165, 1.54) is 11.8 Å². The molecule has 0 spiro atoms. The zero-order valence-corrected chi connectivity index (χ0v) is 18.2. The Labute approximate surface area is 187 Å². The maximum Gasteiger partial charge on any atom is 0.326 e. The minimum absolute atomic E-state index is 0.0863. The standard InChI is InChI=1S/C17H29N5O9S/c1-32-5-4-9(17(30)31)20-15(28)10(6-12(19)24)21-16(29)11(7-23)22-14(27)8(18)2-3-13(25)26/h8-11,23H,2-7,18H2,1H3,(H2,19,24)(H,20,28)(H,21,29)(H,22,27)(H,25,26)(H,30,31). The van der Waals surface area contributed by atoms with Crippen LogP contribution in [0.2, 0.25) is 0 Å². The van der Waals surface area contributed by atoms with Gasteiger partial charge in [0.15, 0.2) is 0 Å². The fourth-order valence-electron chi connectivity index (χ4n) is 2.33. The number of thioether (sulfide) groups is 1. The lowest BCUT2D eigenvalue weighted by Gasteiger charge is -2.23. The highest BCUT2D eigenvalue weighted by atomic mass is 32.2. The maximum absolute atomic E-state index is 12.5. The van der Waals surface area contributed by atoms with E-state index in [1.54, 1.807) is 6.26 Å². The van der Waals surface area contributed by atoms with E-state index in [-0.39, 0.29) is 12.8 Å². The number of aliphatic hydroxyl groups excluding tert-OH is 1. The number of carbonyl (C=O) groups is 6. The lowest BCUT2D eigenvalue weighted by Crippen LogP contribution is -2.58. The Kier molecular flexibility index (Phi) is 13.6. The number of hydrogen-bond acceptors (Lipinski definition) is 9. The largest absolute Gasteiger partial charge is 0.481 e. The molecule has 0 aromatic rings. The van der Waals surface area contributed by atoms with Gasteiger partial charge in [-0.1, -0.05) is 0 Å². The quantitative estimate of drug-likeness (QED) is 0.107. The van der Waals surface area contributed by atoms with Crippen LogP contribution in [0.5, 0.6) is 0 Å². The summed E-state index contributed by atoms with van der Waals surface area (Å²) in [4.78, 5) is 70.1. The first-order valence-electron chi connectivity index (χ1n) is 9.42. The number of amides is 4. The number of carboxylic acids is 2. The summed E-state index contributed by atoms with van der Waals surface area (Å²) < 4.78 is 0. The molecule has 0 fully saturated rings. The molecule has 14 nitrogen and oxygen atoms in total. The molecule has 15 heteroatoms. The molecular weight excluding hydrogens is 450 g/mol. The molecule has 182 valence electrons. The highest BCUT2D eigenvalue weighted by Crippen LogP contribution is 2.03. The van der Waals surface area contributed by atoms with Crippen LogP contribution in [0.25, 0.3) is 0 Å². The van der Waals surface area contributed by atoms with Crippen molar-refractivity contribution in [3.05, 3.63) is 0 Å². The molecule has 0 aliphatic rings. The van der Waals surface area contributed by atoms with Gasteiger partial charge in [-0.3, -0.25) is 24.0 Å². The highest BCUT2D eigenvalue weighted by Gasteiger charge is 2.31. The third-order valence-corrected chi connectivity index (χ3v) is 4.73. The second-order valence-corrected chi connectivity index (χ2v) is 7.68. The predicted octanol–water partition coefficient (Wildman–Crippen LogP) is -3.66. The molecule has 0 aromatic carbocycles. The van der Waals surface area contributed by atoms with Crippen LogP contribution < -0.4 is 27.4 Å². The third-order valence-electron chi connectivity index (χ3n) is 4.09. The number of primary amides is 1. The van der Waals surface area contributed by atoms with Gasteiger partial charge in [0.25, 0.3) is 0 Å². The van der Waals surface area contributed by atoms with Gasteiger partial charge in [0.05, 0.1) is 19.1 Å². The van der Waals surface area contributed by atoms with Crippen LogP contribution in [0.4, 0.5) is 0 Å². The molecule has 0 aliphatic carbocycles. The van der Waals surface area contributed by atoms with Crippen molar-refractivity contribution in [1.82, 2.24) is 16.0 Å². The minimum atomic E-state index is -1.58. The van der Waals surface area contributed by atoms with Gasteiger partial charge >= 0.3 is 11.9 Å². The van der Waals surface area contributed by atoms with Crippen LogP contribution >= 0.6 is 11.8 Å². The molecule has 0 bridgehead atoms. The number of carbonyl (C=O) groups excluding carboxylic acids is 4. The number of carboxylic acid groups (broad SMARTS) is 2. The number of hydrogen-bond donors (Lipinski definition) is 8. The molecule has 0 aliphatic heterocycles. The Hall–Kier alpha value is -2.91. The fraction of sp³-hybridized carbons (Fsp3) is 0.647. The van der Waals surface area contributed by atoms with Gasteiger partial charge in [-0.05, 0) is 24.9 Å². The monoisotopic (exact) mass is 479 g/mol. The van der Waals surface area contributed by atoms with Crippen molar-refractivity contribution in [2.45, 2.75) is 49.9 Å². The van der Waals surface area contributed by atoms with E-state index in [1.807, 2.05) is 0 Å². The Balaban J connectivity index is 5.21. The molecule has 0 radical (unpaired) electrons. The van der Waals surface area contributed by atoms with E-state index in [4.69, 9.17) is 16.6 Å². The predicted molar refractivity (Wildman–Crippen MR) is 112 cm³/mol.